The van der Waals surface area contributed by atoms with Crippen LogP contribution in [0.4, 0.5) is 5.00 Å². The summed E-state index contributed by atoms with van der Waals surface area (Å²) in [5.74, 6) is -0.722. The number of carbonyl (C=O) groups is 2. The summed E-state index contributed by atoms with van der Waals surface area (Å²) < 4.78 is 10.2. The molecular formula is C23H16Cl2N2O4S. The molecule has 0 bridgehead atoms. The predicted molar refractivity (Wildman–Crippen MR) is 126 cm³/mol. The molecule has 0 saturated carbocycles. The van der Waals surface area contributed by atoms with Crippen molar-refractivity contribution in [3.63, 3.8) is 0 Å². The van der Waals surface area contributed by atoms with Crippen LogP contribution < -0.4 is 5.32 Å². The zero-order chi connectivity index (χ0) is 22.8. The largest absolute Gasteiger partial charge is 0.465 e. The molecule has 162 valence electrons. The summed E-state index contributed by atoms with van der Waals surface area (Å²) in [7, 11) is 1.29. The second kappa shape index (κ2) is 9.16. The van der Waals surface area contributed by atoms with Gasteiger partial charge in [0.05, 0.1) is 12.1 Å². The highest BCUT2D eigenvalue weighted by Crippen LogP contribution is 2.38. The summed E-state index contributed by atoms with van der Waals surface area (Å²) in [6, 6.07) is 14.1. The molecule has 0 aliphatic carbocycles. The van der Waals surface area contributed by atoms with Crippen LogP contribution in [0.1, 0.15) is 26.5 Å². The Morgan fingerprint density at radius 2 is 1.75 bits per heavy atom. The number of anilines is 1. The van der Waals surface area contributed by atoms with Crippen LogP contribution in [0.2, 0.25) is 10.0 Å². The van der Waals surface area contributed by atoms with E-state index < -0.39 is 11.9 Å². The number of carbonyl (C=O) groups excluding carboxylic acids is 2. The highest BCUT2D eigenvalue weighted by Gasteiger charge is 2.27. The van der Waals surface area contributed by atoms with Gasteiger partial charge in [0.25, 0.3) is 5.91 Å². The standard InChI is InChI=1S/C23H16Cl2N2O4S/c1-12-18(20(27-31-12)15-5-3-4-6-17(15)25)21(28)26-22-19(23(29)30-2)16(11-32-22)13-7-9-14(24)10-8-13/h3-11H,1-2H3,(H,26,28). The van der Waals surface area contributed by atoms with E-state index in [0.29, 0.717) is 37.6 Å². The molecule has 0 aliphatic heterocycles. The first-order valence-electron chi connectivity index (χ1n) is 9.39. The molecule has 2 aromatic heterocycles. The molecule has 1 amide bonds. The number of hydrogen-bond donors (Lipinski definition) is 1. The molecule has 0 unspecified atom stereocenters. The van der Waals surface area contributed by atoms with Gasteiger partial charge in [0.15, 0.2) is 0 Å². The molecular weight excluding hydrogens is 471 g/mol. The first-order chi connectivity index (χ1) is 15.4. The second-order valence-corrected chi connectivity index (χ2v) is 8.47. The maximum Gasteiger partial charge on any atom is 0.341 e. The summed E-state index contributed by atoms with van der Waals surface area (Å²) in [4.78, 5) is 25.8. The lowest BCUT2D eigenvalue weighted by Gasteiger charge is -2.09. The normalized spacial score (nSPS) is 10.8. The summed E-state index contributed by atoms with van der Waals surface area (Å²) >= 11 is 13.5. The lowest BCUT2D eigenvalue weighted by molar-refractivity contribution is 0.0603. The molecule has 4 aromatic rings. The average Bonchev–Trinajstić information content (AvgIpc) is 3.37. The van der Waals surface area contributed by atoms with Gasteiger partial charge >= 0.3 is 5.97 Å². The number of nitrogens with zero attached hydrogens (tertiary/aromatic N) is 1. The maximum absolute atomic E-state index is 13.2. The number of thiophene rings is 1. The van der Waals surface area contributed by atoms with Crippen LogP contribution in [0.15, 0.2) is 58.4 Å². The second-order valence-electron chi connectivity index (χ2n) is 6.75. The number of aryl methyl sites for hydroxylation is 1. The highest BCUT2D eigenvalue weighted by atomic mass is 35.5. The molecule has 0 atom stereocenters. The fraction of sp³-hybridized carbons (Fsp3) is 0.0870. The number of esters is 1. The molecule has 0 spiro atoms. The smallest absolute Gasteiger partial charge is 0.341 e. The van der Waals surface area contributed by atoms with Crippen molar-refractivity contribution >= 4 is 51.4 Å². The molecule has 2 aromatic carbocycles. The van der Waals surface area contributed by atoms with Gasteiger partial charge in [-0.15, -0.1) is 11.3 Å². The van der Waals surface area contributed by atoms with Crippen molar-refractivity contribution in [1.29, 1.82) is 0 Å². The van der Waals surface area contributed by atoms with Gasteiger partial charge < -0.3 is 14.6 Å². The van der Waals surface area contributed by atoms with E-state index in [1.807, 2.05) is 0 Å². The molecule has 0 fully saturated rings. The number of rotatable bonds is 5. The van der Waals surface area contributed by atoms with E-state index in [2.05, 4.69) is 10.5 Å². The average molecular weight is 487 g/mol. The van der Waals surface area contributed by atoms with E-state index in [-0.39, 0.29) is 11.1 Å². The van der Waals surface area contributed by atoms with Crippen molar-refractivity contribution in [3.05, 3.63) is 80.8 Å². The molecule has 6 nitrogen and oxygen atoms in total. The van der Waals surface area contributed by atoms with Gasteiger partial charge in [-0.1, -0.05) is 58.7 Å². The minimum absolute atomic E-state index is 0.232. The third kappa shape index (κ3) is 4.14. The Kier molecular flexibility index (Phi) is 6.32. The Morgan fingerprint density at radius 3 is 2.44 bits per heavy atom. The number of ether oxygens (including phenoxy) is 1. The lowest BCUT2D eigenvalue weighted by Crippen LogP contribution is -2.15. The lowest BCUT2D eigenvalue weighted by atomic mass is 10.0. The number of benzene rings is 2. The molecule has 0 aliphatic rings. The van der Waals surface area contributed by atoms with Crippen LogP contribution in [-0.2, 0) is 4.74 Å². The number of halogens is 2. The van der Waals surface area contributed by atoms with Crippen LogP contribution >= 0.6 is 34.5 Å². The highest BCUT2D eigenvalue weighted by molar-refractivity contribution is 7.15. The van der Waals surface area contributed by atoms with Gasteiger partial charge in [-0.25, -0.2) is 4.79 Å². The Labute approximate surface area is 197 Å². The number of methoxy groups -OCH3 is 1. The van der Waals surface area contributed by atoms with Crippen LogP contribution in [0, 0.1) is 6.92 Å². The van der Waals surface area contributed by atoms with E-state index in [4.69, 9.17) is 32.5 Å². The summed E-state index contributed by atoms with van der Waals surface area (Å²) in [6.45, 7) is 1.64. The summed E-state index contributed by atoms with van der Waals surface area (Å²) in [5, 5.41) is 9.97. The quantitative estimate of drug-likeness (QED) is 0.316. The van der Waals surface area contributed by atoms with Gasteiger partial charge in [0.1, 0.15) is 27.6 Å². The van der Waals surface area contributed by atoms with Gasteiger partial charge in [0.2, 0.25) is 0 Å². The Bertz CT molecular complexity index is 1310. The van der Waals surface area contributed by atoms with Crippen molar-refractivity contribution in [2.24, 2.45) is 0 Å². The van der Waals surface area contributed by atoms with E-state index in [0.717, 1.165) is 5.56 Å². The topological polar surface area (TPSA) is 81.4 Å². The number of nitrogens with one attached hydrogen (secondary N) is 1. The zero-order valence-corrected chi connectivity index (χ0v) is 19.3. The van der Waals surface area contributed by atoms with Crippen LogP contribution in [0.5, 0.6) is 0 Å². The van der Waals surface area contributed by atoms with Crippen LogP contribution in [0.25, 0.3) is 22.4 Å². The zero-order valence-electron chi connectivity index (χ0n) is 16.9. The van der Waals surface area contributed by atoms with E-state index in [1.54, 1.807) is 60.8 Å². The summed E-state index contributed by atoms with van der Waals surface area (Å²) in [5.41, 5.74) is 2.76. The minimum Gasteiger partial charge on any atom is -0.465 e. The van der Waals surface area contributed by atoms with Crippen LogP contribution in [0.3, 0.4) is 0 Å². The van der Waals surface area contributed by atoms with Crippen molar-refractivity contribution in [1.82, 2.24) is 5.16 Å². The van der Waals surface area contributed by atoms with E-state index in [1.165, 1.54) is 18.4 Å². The van der Waals surface area contributed by atoms with E-state index in [9.17, 15) is 9.59 Å². The van der Waals surface area contributed by atoms with Gasteiger partial charge in [0, 0.05) is 21.5 Å². The van der Waals surface area contributed by atoms with Crippen LogP contribution in [-0.4, -0.2) is 24.1 Å². The monoisotopic (exact) mass is 486 g/mol. The predicted octanol–water partition coefficient (Wildman–Crippen LogP) is 6.72. The van der Waals surface area contributed by atoms with Crippen molar-refractivity contribution in [2.45, 2.75) is 6.92 Å². The molecule has 9 heteroatoms. The molecule has 0 saturated heterocycles. The minimum atomic E-state index is -0.570. The van der Waals surface area contributed by atoms with E-state index >= 15 is 0 Å². The Balaban J connectivity index is 1.74. The molecule has 4 rings (SSSR count). The number of amides is 1. The molecule has 1 N–H and O–H groups in total. The van der Waals surface area contributed by atoms with Crippen molar-refractivity contribution in [2.75, 3.05) is 12.4 Å². The Morgan fingerprint density at radius 1 is 1.03 bits per heavy atom. The van der Waals surface area contributed by atoms with Crippen molar-refractivity contribution in [3.8, 4) is 22.4 Å². The van der Waals surface area contributed by atoms with Crippen molar-refractivity contribution < 1.29 is 18.8 Å². The molecule has 32 heavy (non-hydrogen) atoms. The first kappa shape index (κ1) is 22.1. The third-order valence-corrected chi connectivity index (χ3v) is 6.26. The summed E-state index contributed by atoms with van der Waals surface area (Å²) in [6.07, 6.45) is 0. The number of hydrogen-bond acceptors (Lipinski definition) is 6. The van der Waals surface area contributed by atoms with Gasteiger partial charge in [-0.3, -0.25) is 4.79 Å². The Hall–Kier alpha value is -3.13. The fourth-order valence-corrected chi connectivity index (χ4v) is 4.54. The molecule has 2 heterocycles. The number of aromatic nitrogens is 1. The first-order valence-corrected chi connectivity index (χ1v) is 11.0. The third-order valence-electron chi connectivity index (χ3n) is 4.78. The molecule has 0 radical (unpaired) electrons. The fourth-order valence-electron chi connectivity index (χ4n) is 3.24. The maximum atomic E-state index is 13.2. The van der Waals surface area contributed by atoms with Gasteiger partial charge in [-0.05, 0) is 30.7 Å². The SMILES string of the molecule is COC(=O)c1c(-c2ccc(Cl)cc2)csc1NC(=O)c1c(-c2ccccc2Cl)noc1C. The van der Waals surface area contributed by atoms with Gasteiger partial charge in [-0.2, -0.15) is 0 Å².